The zero-order chi connectivity index (χ0) is 14.5. The van der Waals surface area contributed by atoms with E-state index in [-0.39, 0.29) is 5.38 Å². The van der Waals surface area contributed by atoms with E-state index in [9.17, 15) is 0 Å². The molecule has 106 valence electrons. The smallest absolute Gasteiger partial charge is 0.0625 e. The number of benzene rings is 2. The fourth-order valence-corrected chi connectivity index (χ4v) is 3.26. The summed E-state index contributed by atoms with van der Waals surface area (Å²) < 4.78 is 1.11. The maximum Gasteiger partial charge on any atom is 0.0625 e. The topological polar surface area (TPSA) is 0 Å². The van der Waals surface area contributed by atoms with Gasteiger partial charge < -0.3 is 0 Å². The Morgan fingerprint density at radius 1 is 1.00 bits per heavy atom. The summed E-state index contributed by atoms with van der Waals surface area (Å²) in [4.78, 5) is 0. The van der Waals surface area contributed by atoms with Gasteiger partial charge in [0.1, 0.15) is 0 Å². The van der Waals surface area contributed by atoms with E-state index in [1.807, 2.05) is 6.07 Å². The molecule has 0 aliphatic rings. The van der Waals surface area contributed by atoms with Gasteiger partial charge in [-0.25, -0.2) is 0 Å². The van der Waals surface area contributed by atoms with Crippen molar-refractivity contribution in [1.29, 1.82) is 0 Å². The van der Waals surface area contributed by atoms with Crippen molar-refractivity contribution in [2.24, 2.45) is 0 Å². The van der Waals surface area contributed by atoms with Gasteiger partial charge in [-0.05, 0) is 53.6 Å². The highest BCUT2D eigenvalue weighted by Crippen LogP contribution is 2.28. The average Bonchev–Trinajstić information content (AvgIpc) is 2.46. The lowest BCUT2D eigenvalue weighted by Gasteiger charge is -2.14. The second-order valence-corrected chi connectivity index (χ2v) is 6.48. The first-order valence-corrected chi connectivity index (χ1v) is 8.37. The van der Waals surface area contributed by atoms with Gasteiger partial charge in [-0.15, -0.1) is 11.6 Å². The molecule has 0 spiro atoms. The molecule has 0 saturated heterocycles. The van der Waals surface area contributed by atoms with Crippen molar-refractivity contribution < 1.29 is 0 Å². The molecule has 2 aromatic rings. The zero-order valence-electron chi connectivity index (χ0n) is 12.0. The molecular formula is C18H20BrCl. The Labute approximate surface area is 135 Å². The van der Waals surface area contributed by atoms with Gasteiger partial charge in [0.15, 0.2) is 0 Å². The largest absolute Gasteiger partial charge is 0.117 e. The molecule has 0 aromatic heterocycles. The highest BCUT2D eigenvalue weighted by Gasteiger charge is 2.11. The third-order valence-electron chi connectivity index (χ3n) is 3.66. The first-order valence-electron chi connectivity index (χ1n) is 7.14. The minimum atomic E-state index is 0.0282. The van der Waals surface area contributed by atoms with Crippen LogP contribution in [0.5, 0.6) is 0 Å². The first-order chi connectivity index (χ1) is 9.63. The maximum atomic E-state index is 6.60. The molecule has 0 nitrogen and oxygen atoms in total. The molecule has 0 fully saturated rings. The Morgan fingerprint density at radius 3 is 2.40 bits per heavy atom. The van der Waals surface area contributed by atoms with Crippen LogP contribution in [0.3, 0.4) is 0 Å². The van der Waals surface area contributed by atoms with Gasteiger partial charge in [-0.3, -0.25) is 0 Å². The minimum absolute atomic E-state index is 0.0282. The zero-order valence-corrected chi connectivity index (χ0v) is 14.3. The maximum absolute atomic E-state index is 6.60. The van der Waals surface area contributed by atoms with Gasteiger partial charge in [0.25, 0.3) is 0 Å². The molecule has 1 atom stereocenters. The van der Waals surface area contributed by atoms with E-state index in [4.69, 9.17) is 11.6 Å². The molecule has 0 aliphatic heterocycles. The van der Waals surface area contributed by atoms with E-state index in [2.05, 4.69) is 66.2 Å². The van der Waals surface area contributed by atoms with E-state index in [0.29, 0.717) is 0 Å². The van der Waals surface area contributed by atoms with E-state index < -0.39 is 0 Å². The number of hydrogen-bond acceptors (Lipinski definition) is 0. The number of rotatable bonds is 5. The van der Waals surface area contributed by atoms with Crippen LogP contribution in [0.1, 0.15) is 41.5 Å². The van der Waals surface area contributed by atoms with Crippen LogP contribution in [0.2, 0.25) is 0 Å². The molecule has 0 bridgehead atoms. The normalized spacial score (nSPS) is 12.4. The van der Waals surface area contributed by atoms with Crippen molar-refractivity contribution >= 4 is 27.5 Å². The summed E-state index contributed by atoms with van der Waals surface area (Å²) in [7, 11) is 0. The fraction of sp³-hybridized carbons (Fsp3) is 0.333. The monoisotopic (exact) mass is 350 g/mol. The third kappa shape index (κ3) is 3.86. The molecule has 0 saturated carbocycles. The molecule has 0 N–H and O–H groups in total. The molecule has 2 heteroatoms. The van der Waals surface area contributed by atoms with Crippen LogP contribution in [0, 0.1) is 0 Å². The highest BCUT2D eigenvalue weighted by atomic mass is 79.9. The summed E-state index contributed by atoms with van der Waals surface area (Å²) in [6.45, 7) is 4.41. The summed E-state index contributed by atoms with van der Waals surface area (Å²) in [6, 6.07) is 15.0. The molecule has 0 amide bonds. The first kappa shape index (κ1) is 15.6. The number of alkyl halides is 1. The SMILES string of the molecule is CCc1ccc(C(Cl)Cc2cccc(Br)c2)cc1CC. The predicted octanol–water partition coefficient (Wildman–Crippen LogP) is 6.10. The Bertz CT molecular complexity index is 577. The Morgan fingerprint density at radius 2 is 1.75 bits per heavy atom. The molecular weight excluding hydrogens is 332 g/mol. The Kier molecular flexibility index (Phi) is 5.68. The molecule has 1 unspecified atom stereocenters. The van der Waals surface area contributed by atoms with Crippen LogP contribution in [0.4, 0.5) is 0 Å². The van der Waals surface area contributed by atoms with E-state index in [1.54, 1.807) is 0 Å². The number of halogens is 2. The van der Waals surface area contributed by atoms with Crippen LogP contribution < -0.4 is 0 Å². The Balaban J connectivity index is 2.18. The quantitative estimate of drug-likeness (QED) is 0.571. The van der Waals surface area contributed by atoms with Gasteiger partial charge in [-0.1, -0.05) is 60.1 Å². The third-order valence-corrected chi connectivity index (χ3v) is 4.56. The van der Waals surface area contributed by atoms with Crippen LogP contribution in [0.15, 0.2) is 46.9 Å². The van der Waals surface area contributed by atoms with Gasteiger partial charge in [0, 0.05) is 4.47 Å². The summed E-state index contributed by atoms with van der Waals surface area (Å²) in [5, 5.41) is 0.0282. The molecule has 0 aliphatic carbocycles. The average molecular weight is 352 g/mol. The minimum Gasteiger partial charge on any atom is -0.117 e. The summed E-state index contributed by atoms with van der Waals surface area (Å²) in [6.07, 6.45) is 3.01. The van der Waals surface area contributed by atoms with Crippen molar-refractivity contribution in [2.45, 2.75) is 38.5 Å². The second-order valence-electron chi connectivity index (χ2n) is 5.04. The van der Waals surface area contributed by atoms with Gasteiger partial charge >= 0.3 is 0 Å². The molecule has 2 aromatic carbocycles. The van der Waals surface area contributed by atoms with Crippen molar-refractivity contribution in [3.8, 4) is 0 Å². The lowest BCUT2D eigenvalue weighted by molar-refractivity contribution is 0.908. The molecule has 0 radical (unpaired) electrons. The van der Waals surface area contributed by atoms with Gasteiger partial charge in [-0.2, -0.15) is 0 Å². The predicted molar refractivity (Wildman–Crippen MR) is 91.6 cm³/mol. The number of aryl methyl sites for hydroxylation is 2. The van der Waals surface area contributed by atoms with E-state index >= 15 is 0 Å². The van der Waals surface area contributed by atoms with Crippen molar-refractivity contribution in [2.75, 3.05) is 0 Å². The van der Waals surface area contributed by atoms with E-state index in [0.717, 1.165) is 23.7 Å². The van der Waals surface area contributed by atoms with Crippen molar-refractivity contribution in [3.05, 3.63) is 69.2 Å². The summed E-state index contributed by atoms with van der Waals surface area (Å²) in [5.74, 6) is 0. The summed E-state index contributed by atoms with van der Waals surface area (Å²) >= 11 is 10.1. The highest BCUT2D eigenvalue weighted by molar-refractivity contribution is 9.10. The standard InChI is InChI=1S/C18H20BrCl/c1-3-14-8-9-16(12-15(14)4-2)18(20)11-13-6-5-7-17(19)10-13/h5-10,12,18H,3-4,11H2,1-2H3. The second kappa shape index (κ2) is 7.28. The molecule has 20 heavy (non-hydrogen) atoms. The van der Waals surface area contributed by atoms with Gasteiger partial charge in [0.05, 0.1) is 5.38 Å². The lowest BCUT2D eigenvalue weighted by Crippen LogP contribution is -1.99. The van der Waals surface area contributed by atoms with Crippen LogP contribution in [0.25, 0.3) is 0 Å². The summed E-state index contributed by atoms with van der Waals surface area (Å²) in [5.41, 5.74) is 5.34. The van der Waals surface area contributed by atoms with Crippen LogP contribution in [-0.2, 0) is 19.3 Å². The molecule has 0 heterocycles. The lowest BCUT2D eigenvalue weighted by atomic mass is 9.96. The Hall–Kier alpha value is -0.790. The molecule has 2 rings (SSSR count). The van der Waals surface area contributed by atoms with Crippen molar-refractivity contribution in [1.82, 2.24) is 0 Å². The van der Waals surface area contributed by atoms with Gasteiger partial charge in [0.2, 0.25) is 0 Å². The van der Waals surface area contributed by atoms with E-state index in [1.165, 1.54) is 22.3 Å². The fourth-order valence-electron chi connectivity index (χ4n) is 2.50. The van der Waals surface area contributed by atoms with Crippen LogP contribution >= 0.6 is 27.5 Å². The van der Waals surface area contributed by atoms with Crippen molar-refractivity contribution in [3.63, 3.8) is 0 Å². The number of hydrogen-bond donors (Lipinski definition) is 0. The van der Waals surface area contributed by atoms with Crippen LogP contribution in [-0.4, -0.2) is 0 Å².